The third kappa shape index (κ3) is 3.87. The van der Waals surface area contributed by atoms with E-state index in [1.165, 1.54) is 32.1 Å². The van der Waals surface area contributed by atoms with E-state index in [2.05, 4.69) is 29.6 Å². The van der Waals surface area contributed by atoms with Crippen molar-refractivity contribution in [2.45, 2.75) is 88.8 Å². The summed E-state index contributed by atoms with van der Waals surface area (Å²) in [4.78, 5) is 14.6. The van der Waals surface area contributed by atoms with Gasteiger partial charge in [0.1, 0.15) is 5.60 Å². The SMILES string of the molecule is CC(C)(C)OC(=O)N1CCCC[C@@H]1CNC1CC12CCCc1ccccc12. The smallest absolute Gasteiger partial charge is 0.410 e. The number of carbonyl (C=O) groups excluding carboxylic acids is 1. The summed E-state index contributed by atoms with van der Waals surface area (Å²) in [5.74, 6) is 0. The molecule has 4 heteroatoms. The second-order valence-corrected chi connectivity index (χ2v) is 9.66. The first-order valence-electron chi connectivity index (χ1n) is 10.7. The van der Waals surface area contributed by atoms with Gasteiger partial charge in [-0.1, -0.05) is 24.3 Å². The van der Waals surface area contributed by atoms with Crippen LogP contribution in [0.2, 0.25) is 0 Å². The molecular weight excluding hydrogens is 336 g/mol. The predicted octanol–water partition coefficient (Wildman–Crippen LogP) is 4.41. The molecule has 27 heavy (non-hydrogen) atoms. The van der Waals surface area contributed by atoms with Crippen molar-refractivity contribution in [3.8, 4) is 0 Å². The molecule has 1 saturated heterocycles. The molecule has 2 unspecified atom stereocenters. The summed E-state index contributed by atoms with van der Waals surface area (Å²) in [7, 11) is 0. The van der Waals surface area contributed by atoms with E-state index in [0.717, 1.165) is 25.9 Å². The Morgan fingerprint density at radius 1 is 1.26 bits per heavy atom. The van der Waals surface area contributed by atoms with Gasteiger partial charge < -0.3 is 15.0 Å². The number of carbonyl (C=O) groups is 1. The highest BCUT2D eigenvalue weighted by Crippen LogP contribution is 2.55. The number of aryl methyl sites for hydroxylation is 1. The van der Waals surface area contributed by atoms with E-state index in [9.17, 15) is 4.79 Å². The maximum atomic E-state index is 12.6. The topological polar surface area (TPSA) is 41.6 Å². The van der Waals surface area contributed by atoms with E-state index in [1.807, 2.05) is 25.7 Å². The van der Waals surface area contributed by atoms with Crippen molar-refractivity contribution in [1.82, 2.24) is 10.2 Å². The first kappa shape index (κ1) is 18.8. The maximum absolute atomic E-state index is 12.6. The Balaban J connectivity index is 1.38. The molecule has 2 fully saturated rings. The van der Waals surface area contributed by atoms with E-state index in [4.69, 9.17) is 4.74 Å². The predicted molar refractivity (Wildman–Crippen MR) is 108 cm³/mol. The molecule has 0 aromatic heterocycles. The van der Waals surface area contributed by atoms with Crippen LogP contribution in [0.25, 0.3) is 0 Å². The van der Waals surface area contributed by atoms with Crippen LogP contribution in [-0.4, -0.2) is 41.8 Å². The minimum atomic E-state index is -0.432. The van der Waals surface area contributed by atoms with Crippen LogP contribution >= 0.6 is 0 Å². The molecule has 1 spiro atoms. The van der Waals surface area contributed by atoms with Crippen molar-refractivity contribution < 1.29 is 9.53 Å². The fourth-order valence-electron chi connectivity index (χ4n) is 5.15. The van der Waals surface area contributed by atoms with Crippen LogP contribution < -0.4 is 5.32 Å². The summed E-state index contributed by atoms with van der Waals surface area (Å²) in [6, 6.07) is 9.81. The van der Waals surface area contributed by atoms with E-state index in [0.29, 0.717) is 11.5 Å². The molecule has 0 radical (unpaired) electrons. The summed E-state index contributed by atoms with van der Waals surface area (Å²) in [6.45, 7) is 7.53. The van der Waals surface area contributed by atoms with Gasteiger partial charge in [0.25, 0.3) is 0 Å². The Morgan fingerprint density at radius 2 is 2.07 bits per heavy atom. The Kier molecular flexibility index (Phi) is 4.96. The van der Waals surface area contributed by atoms with E-state index in [-0.39, 0.29) is 12.1 Å². The lowest BCUT2D eigenvalue weighted by Gasteiger charge is -2.37. The van der Waals surface area contributed by atoms with Gasteiger partial charge >= 0.3 is 6.09 Å². The fraction of sp³-hybridized carbons (Fsp3) is 0.696. The van der Waals surface area contributed by atoms with Crippen molar-refractivity contribution in [2.75, 3.05) is 13.1 Å². The van der Waals surface area contributed by atoms with E-state index >= 15 is 0 Å². The van der Waals surface area contributed by atoms with Gasteiger partial charge in [-0.05, 0) is 76.8 Å². The molecule has 1 aromatic rings. The zero-order valence-electron chi connectivity index (χ0n) is 17.1. The van der Waals surface area contributed by atoms with Crippen LogP contribution in [0.5, 0.6) is 0 Å². The van der Waals surface area contributed by atoms with Crippen LogP contribution in [0.15, 0.2) is 24.3 Å². The summed E-state index contributed by atoms with van der Waals surface area (Å²) < 4.78 is 5.65. The van der Waals surface area contributed by atoms with Crippen LogP contribution in [0.3, 0.4) is 0 Å². The van der Waals surface area contributed by atoms with E-state index in [1.54, 1.807) is 11.1 Å². The van der Waals surface area contributed by atoms with Crippen LogP contribution in [0.1, 0.15) is 70.4 Å². The summed E-state index contributed by atoms with van der Waals surface area (Å²) in [5.41, 5.74) is 3.03. The number of amides is 1. The summed E-state index contributed by atoms with van der Waals surface area (Å²) >= 11 is 0. The van der Waals surface area contributed by atoms with Crippen molar-refractivity contribution >= 4 is 6.09 Å². The Labute approximate surface area is 163 Å². The number of hydrogen-bond acceptors (Lipinski definition) is 3. The molecule has 3 aliphatic rings. The molecule has 1 saturated carbocycles. The maximum Gasteiger partial charge on any atom is 0.410 e. The van der Waals surface area contributed by atoms with Gasteiger partial charge in [-0.15, -0.1) is 0 Å². The number of benzene rings is 1. The number of fused-ring (bicyclic) bond motifs is 2. The average molecular weight is 371 g/mol. The fourth-order valence-corrected chi connectivity index (χ4v) is 5.15. The third-order valence-corrected chi connectivity index (χ3v) is 6.55. The first-order valence-corrected chi connectivity index (χ1v) is 10.7. The largest absolute Gasteiger partial charge is 0.444 e. The molecule has 4 rings (SSSR count). The molecule has 1 heterocycles. The van der Waals surface area contributed by atoms with E-state index < -0.39 is 5.60 Å². The monoisotopic (exact) mass is 370 g/mol. The van der Waals surface area contributed by atoms with Crippen LogP contribution in [-0.2, 0) is 16.6 Å². The standard InChI is InChI=1S/C23H34N2O2/c1-22(2,3)27-21(26)25-14-7-6-11-18(25)16-24-20-15-23(20)13-8-10-17-9-4-5-12-19(17)23/h4-5,9,12,18,20,24H,6-8,10-11,13-16H2,1-3H3/t18-,20?,23?/m1/s1. The van der Waals surface area contributed by atoms with Gasteiger partial charge in [-0.2, -0.15) is 0 Å². The number of rotatable bonds is 3. The summed E-state index contributed by atoms with van der Waals surface area (Å²) in [5, 5.41) is 3.83. The highest BCUT2D eigenvalue weighted by atomic mass is 16.6. The lowest BCUT2D eigenvalue weighted by atomic mass is 9.79. The van der Waals surface area contributed by atoms with Crippen molar-refractivity contribution in [1.29, 1.82) is 0 Å². The van der Waals surface area contributed by atoms with Crippen molar-refractivity contribution in [3.63, 3.8) is 0 Å². The molecule has 1 aliphatic heterocycles. The summed E-state index contributed by atoms with van der Waals surface area (Å²) in [6.07, 6.45) is 8.25. The Hall–Kier alpha value is -1.55. The quantitative estimate of drug-likeness (QED) is 0.857. The van der Waals surface area contributed by atoms with Gasteiger partial charge in [0.2, 0.25) is 0 Å². The lowest BCUT2D eigenvalue weighted by molar-refractivity contribution is 0.00986. The average Bonchev–Trinajstić information content (AvgIpc) is 3.32. The minimum Gasteiger partial charge on any atom is -0.444 e. The van der Waals surface area contributed by atoms with Gasteiger partial charge in [-0.3, -0.25) is 0 Å². The molecule has 1 aromatic carbocycles. The number of nitrogens with one attached hydrogen (secondary N) is 1. The van der Waals surface area contributed by atoms with Gasteiger partial charge in [0.05, 0.1) is 0 Å². The third-order valence-electron chi connectivity index (χ3n) is 6.55. The Morgan fingerprint density at radius 3 is 2.89 bits per heavy atom. The number of piperidine rings is 1. The molecular formula is C23H34N2O2. The molecule has 2 aliphatic carbocycles. The van der Waals surface area contributed by atoms with Crippen molar-refractivity contribution in [3.05, 3.63) is 35.4 Å². The van der Waals surface area contributed by atoms with Crippen LogP contribution in [0, 0.1) is 0 Å². The highest BCUT2D eigenvalue weighted by molar-refractivity contribution is 5.68. The van der Waals surface area contributed by atoms with Crippen molar-refractivity contribution in [2.24, 2.45) is 0 Å². The number of likely N-dealkylation sites (tertiary alicyclic amines) is 1. The first-order chi connectivity index (χ1) is 12.9. The number of nitrogens with zero attached hydrogens (tertiary/aromatic N) is 1. The number of ether oxygens (including phenoxy) is 1. The minimum absolute atomic E-state index is 0.150. The molecule has 0 bridgehead atoms. The van der Waals surface area contributed by atoms with Crippen LogP contribution in [0.4, 0.5) is 4.79 Å². The normalized spacial score (nSPS) is 30.1. The second-order valence-electron chi connectivity index (χ2n) is 9.66. The zero-order chi connectivity index (χ0) is 19.1. The molecule has 1 N–H and O–H groups in total. The lowest BCUT2D eigenvalue weighted by Crippen LogP contribution is -2.50. The molecule has 3 atom stereocenters. The Bertz CT molecular complexity index is 696. The highest BCUT2D eigenvalue weighted by Gasteiger charge is 2.56. The number of hydrogen-bond donors (Lipinski definition) is 1. The van der Waals surface area contributed by atoms with Gasteiger partial charge in [0.15, 0.2) is 0 Å². The molecule has 1 amide bonds. The van der Waals surface area contributed by atoms with Gasteiger partial charge in [0, 0.05) is 30.6 Å². The second kappa shape index (κ2) is 7.12. The molecule has 148 valence electrons. The molecule has 4 nitrogen and oxygen atoms in total. The van der Waals surface area contributed by atoms with Gasteiger partial charge in [-0.25, -0.2) is 4.79 Å². The zero-order valence-corrected chi connectivity index (χ0v) is 17.1.